The van der Waals surface area contributed by atoms with E-state index in [0.717, 1.165) is 53.9 Å². The number of allylic oxidation sites excluding steroid dienone is 4. The van der Waals surface area contributed by atoms with E-state index in [4.69, 9.17) is 0 Å². The molecule has 3 aliphatic carbocycles. The van der Waals surface area contributed by atoms with Crippen LogP contribution in [-0.2, 0) is 0 Å². The van der Waals surface area contributed by atoms with E-state index in [-0.39, 0.29) is 5.75 Å². The Kier molecular flexibility index (Phi) is 7.65. The lowest BCUT2D eigenvalue weighted by Gasteiger charge is -2.46. The molecule has 3 N–H and O–H groups in total. The van der Waals surface area contributed by atoms with Crippen molar-refractivity contribution in [3.63, 3.8) is 0 Å². The van der Waals surface area contributed by atoms with Gasteiger partial charge in [0.1, 0.15) is 11.4 Å². The fraction of sp³-hybridized carbons (Fsp3) is 0.452. The zero-order chi connectivity index (χ0) is 26.7. The van der Waals surface area contributed by atoms with E-state index in [0.29, 0.717) is 22.7 Å². The molecule has 7 heteroatoms. The molecule has 4 heterocycles. The SMILES string of the molecule is C/C1=C\C=C/CC2(C)CC1C2.CC.Oc1ccccc1-c1cc2c(nn1)[nH]c1c2cnn1C1CCNCC1. The molecule has 0 radical (unpaired) electrons. The molecule has 2 bridgehead atoms. The van der Waals surface area contributed by atoms with Crippen molar-refractivity contribution in [3.8, 4) is 17.0 Å². The van der Waals surface area contributed by atoms with Crippen LogP contribution in [0.5, 0.6) is 5.75 Å². The molecule has 0 amide bonds. The van der Waals surface area contributed by atoms with Gasteiger partial charge in [0.05, 0.1) is 17.9 Å². The molecule has 0 unspecified atom stereocenters. The normalized spacial score (nSPS) is 25.1. The topological polar surface area (TPSA) is 91.7 Å². The summed E-state index contributed by atoms with van der Waals surface area (Å²) in [4.78, 5) is 3.36. The minimum Gasteiger partial charge on any atom is -0.507 e. The molecule has 8 rings (SSSR count). The number of fused-ring (bicyclic) bond motifs is 5. The third kappa shape index (κ3) is 5.12. The standard InChI is InChI=1S/C18H18N6O.C11H16.C2H6/c25-16-4-2-1-3-12(16)15-9-13-14-10-20-24(11-5-7-19-8-6-11)18(14)21-17(13)23-22-15;1-9-5-3-4-6-11(2)7-10(9)8-11;1-2/h1-4,9-11,19,25H,5-8H2,(H,21,23);3-5,10H,6-8H2,1-2H3;1-2H3/b;4-3-,9-5+;. The Labute approximate surface area is 225 Å². The quantitative estimate of drug-likeness (QED) is 0.271. The van der Waals surface area contributed by atoms with E-state index < -0.39 is 0 Å². The Morgan fingerprint density at radius 1 is 1.05 bits per heavy atom. The number of aromatic amines is 1. The van der Waals surface area contributed by atoms with Crippen molar-refractivity contribution in [2.24, 2.45) is 11.3 Å². The van der Waals surface area contributed by atoms with Gasteiger partial charge >= 0.3 is 0 Å². The monoisotopic (exact) mass is 512 g/mol. The summed E-state index contributed by atoms with van der Waals surface area (Å²) in [5.74, 6) is 1.11. The van der Waals surface area contributed by atoms with Gasteiger partial charge in [0.15, 0.2) is 5.65 Å². The number of para-hydroxylation sites is 1. The van der Waals surface area contributed by atoms with Crippen LogP contribution < -0.4 is 5.32 Å². The number of phenols is 1. The molecule has 38 heavy (non-hydrogen) atoms. The first-order chi connectivity index (χ1) is 18.5. The second-order valence-electron chi connectivity index (χ2n) is 10.9. The number of benzene rings is 1. The van der Waals surface area contributed by atoms with Crippen molar-refractivity contribution in [1.82, 2.24) is 30.3 Å². The van der Waals surface area contributed by atoms with Crippen LogP contribution in [0.1, 0.15) is 65.8 Å². The second kappa shape index (κ2) is 11.1. The van der Waals surface area contributed by atoms with Gasteiger partial charge in [-0.2, -0.15) is 5.10 Å². The molecule has 2 fully saturated rings. The van der Waals surface area contributed by atoms with Gasteiger partial charge in [-0.05, 0) is 81.6 Å². The number of phenolic OH excluding ortho intramolecular Hbond substituents is 1. The highest BCUT2D eigenvalue weighted by Crippen LogP contribution is 2.51. The number of nitrogens with one attached hydrogen (secondary N) is 2. The van der Waals surface area contributed by atoms with Gasteiger partial charge in [-0.1, -0.05) is 56.7 Å². The van der Waals surface area contributed by atoms with Crippen LogP contribution in [0.2, 0.25) is 0 Å². The van der Waals surface area contributed by atoms with Crippen LogP contribution in [0.3, 0.4) is 0 Å². The Morgan fingerprint density at radius 3 is 2.58 bits per heavy atom. The van der Waals surface area contributed by atoms with Crippen molar-refractivity contribution in [3.05, 3.63) is 60.3 Å². The molecular weight excluding hydrogens is 472 g/mol. The second-order valence-corrected chi connectivity index (χ2v) is 10.9. The summed E-state index contributed by atoms with van der Waals surface area (Å²) >= 11 is 0. The van der Waals surface area contributed by atoms with Gasteiger partial charge in [-0.15, -0.1) is 10.2 Å². The van der Waals surface area contributed by atoms with Crippen molar-refractivity contribution in [2.45, 2.75) is 65.8 Å². The van der Waals surface area contributed by atoms with Gasteiger partial charge in [-0.3, -0.25) is 0 Å². The minimum atomic E-state index is 0.202. The maximum Gasteiger partial charge on any atom is 0.162 e. The Balaban J connectivity index is 0.000000189. The first-order valence-corrected chi connectivity index (χ1v) is 14.1. The van der Waals surface area contributed by atoms with Crippen molar-refractivity contribution >= 4 is 22.1 Å². The molecular formula is C31H40N6O. The summed E-state index contributed by atoms with van der Waals surface area (Å²) < 4.78 is 2.08. The number of aromatic nitrogens is 5. The molecule has 4 aromatic rings. The highest BCUT2D eigenvalue weighted by molar-refractivity contribution is 6.05. The van der Waals surface area contributed by atoms with Crippen LogP contribution >= 0.6 is 0 Å². The van der Waals surface area contributed by atoms with Crippen molar-refractivity contribution < 1.29 is 5.11 Å². The van der Waals surface area contributed by atoms with Gasteiger partial charge in [0.2, 0.25) is 0 Å². The molecule has 200 valence electrons. The lowest BCUT2D eigenvalue weighted by Crippen LogP contribution is -2.35. The average Bonchev–Trinajstić information content (AvgIpc) is 3.50. The third-order valence-corrected chi connectivity index (χ3v) is 8.18. The number of H-pyrrole nitrogens is 1. The fourth-order valence-corrected chi connectivity index (χ4v) is 5.96. The Morgan fingerprint density at radius 2 is 1.82 bits per heavy atom. The number of rotatable bonds is 2. The summed E-state index contributed by atoms with van der Waals surface area (Å²) in [7, 11) is 0. The number of hydrogen-bond acceptors (Lipinski definition) is 5. The van der Waals surface area contributed by atoms with Gasteiger partial charge in [0.25, 0.3) is 0 Å². The summed E-state index contributed by atoms with van der Waals surface area (Å²) in [6, 6.07) is 9.53. The molecule has 4 aliphatic rings. The first-order valence-electron chi connectivity index (χ1n) is 14.1. The smallest absolute Gasteiger partial charge is 0.162 e. The maximum absolute atomic E-state index is 10.1. The molecule has 1 aliphatic heterocycles. The number of aromatic hydroxyl groups is 1. The van der Waals surface area contributed by atoms with Crippen LogP contribution in [0.4, 0.5) is 0 Å². The molecule has 1 saturated heterocycles. The van der Waals surface area contributed by atoms with E-state index >= 15 is 0 Å². The van der Waals surface area contributed by atoms with Gasteiger partial charge in [-0.25, -0.2) is 4.68 Å². The third-order valence-electron chi connectivity index (χ3n) is 8.18. The summed E-state index contributed by atoms with van der Waals surface area (Å²) in [6.07, 6.45) is 15.0. The number of piperidine rings is 1. The maximum atomic E-state index is 10.1. The largest absolute Gasteiger partial charge is 0.507 e. The van der Waals surface area contributed by atoms with Crippen LogP contribution in [0, 0.1) is 11.3 Å². The van der Waals surface area contributed by atoms with E-state index in [2.05, 4.69) is 62.4 Å². The summed E-state index contributed by atoms with van der Waals surface area (Å²) in [5.41, 5.74) is 5.30. The van der Waals surface area contributed by atoms with E-state index in [1.54, 1.807) is 17.7 Å². The number of hydrogen-bond donors (Lipinski definition) is 3. The fourth-order valence-electron chi connectivity index (χ4n) is 5.96. The molecule has 1 aromatic carbocycles. The predicted octanol–water partition coefficient (Wildman–Crippen LogP) is 6.94. The van der Waals surface area contributed by atoms with Crippen LogP contribution in [0.15, 0.2) is 60.3 Å². The zero-order valence-corrected chi connectivity index (χ0v) is 23.0. The van der Waals surface area contributed by atoms with Gasteiger partial charge in [0, 0.05) is 16.3 Å². The molecule has 3 aromatic heterocycles. The number of nitrogens with zero attached hydrogens (tertiary/aromatic N) is 4. The Hall–Kier alpha value is -3.45. The van der Waals surface area contributed by atoms with Crippen molar-refractivity contribution in [2.75, 3.05) is 13.1 Å². The minimum absolute atomic E-state index is 0.202. The van der Waals surface area contributed by atoms with E-state index in [1.165, 1.54) is 19.3 Å². The highest BCUT2D eigenvalue weighted by atomic mass is 16.3. The molecule has 0 atom stereocenters. The average molecular weight is 513 g/mol. The van der Waals surface area contributed by atoms with E-state index in [9.17, 15) is 5.11 Å². The van der Waals surface area contributed by atoms with Gasteiger partial charge < -0.3 is 15.4 Å². The summed E-state index contributed by atoms with van der Waals surface area (Å²) in [5, 5.41) is 28.7. The first kappa shape index (κ1) is 26.2. The zero-order valence-electron chi connectivity index (χ0n) is 23.0. The lowest BCUT2D eigenvalue weighted by molar-refractivity contribution is 0.102. The lowest BCUT2D eigenvalue weighted by atomic mass is 9.59. The van der Waals surface area contributed by atoms with Crippen molar-refractivity contribution in [1.29, 1.82) is 0 Å². The van der Waals surface area contributed by atoms with Crippen LogP contribution in [-0.4, -0.2) is 43.2 Å². The van der Waals surface area contributed by atoms with Crippen LogP contribution in [0.25, 0.3) is 33.3 Å². The van der Waals surface area contributed by atoms with E-state index in [1.807, 2.05) is 38.2 Å². The molecule has 1 saturated carbocycles. The summed E-state index contributed by atoms with van der Waals surface area (Å²) in [6.45, 7) is 10.7. The highest BCUT2D eigenvalue weighted by Gasteiger charge is 2.40. The molecule has 0 spiro atoms. The predicted molar refractivity (Wildman–Crippen MR) is 155 cm³/mol. The molecule has 7 nitrogen and oxygen atoms in total. The Bertz CT molecular complexity index is 1450.